The first-order chi connectivity index (χ1) is 5.08. The molecule has 0 aromatic heterocycles. The molecule has 4 N–H and O–H groups in total. The third-order valence-electron chi connectivity index (χ3n) is 1.50. The second kappa shape index (κ2) is 4.24. The summed E-state index contributed by atoms with van der Waals surface area (Å²) in [5.74, 6) is 0. The minimum absolute atomic E-state index is 0. The second-order valence-corrected chi connectivity index (χ2v) is 3.65. The van der Waals surface area contributed by atoms with Gasteiger partial charge in [-0.2, -0.15) is 0 Å². The Hall–Kier alpha value is -0.860. The van der Waals surface area contributed by atoms with E-state index in [1.54, 1.807) is 0 Å². The molecule has 12 heavy (non-hydrogen) atoms. The van der Waals surface area contributed by atoms with Gasteiger partial charge in [0.25, 0.3) is 0 Å². The molecule has 0 aliphatic carbocycles. The molecular formula is C10H17NO. The van der Waals surface area contributed by atoms with Gasteiger partial charge in [-0.3, -0.25) is 0 Å². The zero-order chi connectivity index (χ0) is 8.32. The molecule has 1 aromatic carbocycles. The fourth-order valence-electron chi connectivity index (χ4n) is 1.12. The van der Waals surface area contributed by atoms with Gasteiger partial charge in [-0.05, 0) is 25.8 Å². The number of hydrogen-bond donors (Lipinski definition) is 1. The maximum Gasteiger partial charge on any atom is 0.0138 e. The lowest BCUT2D eigenvalue weighted by Gasteiger charge is -2.17. The molecule has 0 aliphatic heterocycles. The first-order valence-corrected chi connectivity index (χ1v) is 3.91. The van der Waals surface area contributed by atoms with Crippen molar-refractivity contribution in [1.29, 1.82) is 0 Å². The summed E-state index contributed by atoms with van der Waals surface area (Å²) in [5, 5.41) is 0. The van der Waals surface area contributed by atoms with E-state index < -0.39 is 0 Å². The summed E-state index contributed by atoms with van der Waals surface area (Å²) in [6.45, 7) is 4.08. The van der Waals surface area contributed by atoms with Crippen molar-refractivity contribution in [3.05, 3.63) is 35.9 Å². The Kier molecular flexibility index (Phi) is 3.93. The molecule has 1 aromatic rings. The molecule has 0 amide bonds. The maximum absolute atomic E-state index is 5.87. The summed E-state index contributed by atoms with van der Waals surface area (Å²) >= 11 is 0. The lowest BCUT2D eigenvalue weighted by molar-refractivity contribution is 0.517. The van der Waals surface area contributed by atoms with Crippen molar-refractivity contribution < 1.29 is 5.48 Å². The molecular weight excluding hydrogens is 150 g/mol. The van der Waals surface area contributed by atoms with Crippen LogP contribution in [0.5, 0.6) is 0 Å². The van der Waals surface area contributed by atoms with Crippen molar-refractivity contribution in [2.75, 3.05) is 0 Å². The van der Waals surface area contributed by atoms with E-state index in [1.165, 1.54) is 5.56 Å². The Morgan fingerprint density at radius 3 is 2.08 bits per heavy atom. The van der Waals surface area contributed by atoms with Gasteiger partial charge in [-0.25, -0.2) is 0 Å². The summed E-state index contributed by atoms with van der Waals surface area (Å²) in [7, 11) is 0. The second-order valence-electron chi connectivity index (χ2n) is 3.65. The van der Waals surface area contributed by atoms with E-state index in [0.29, 0.717) is 0 Å². The summed E-state index contributed by atoms with van der Waals surface area (Å²) in [5.41, 5.74) is 7.08. The molecule has 0 radical (unpaired) electrons. The lowest BCUT2D eigenvalue weighted by Crippen LogP contribution is -2.34. The van der Waals surface area contributed by atoms with Crippen molar-refractivity contribution in [3.63, 3.8) is 0 Å². The molecule has 0 fully saturated rings. The number of benzene rings is 1. The fraction of sp³-hybridized carbons (Fsp3) is 0.400. The van der Waals surface area contributed by atoms with Gasteiger partial charge in [-0.1, -0.05) is 30.3 Å². The standard InChI is InChI=1S/C10H15N.H2O/c1-10(2,11)8-9-6-4-3-5-7-9;/h3-7H,8,11H2,1-2H3;1H2. The lowest BCUT2D eigenvalue weighted by atomic mass is 9.96. The average molecular weight is 167 g/mol. The maximum atomic E-state index is 5.87. The van der Waals surface area contributed by atoms with Crippen LogP contribution >= 0.6 is 0 Å². The SMILES string of the molecule is CC(C)(N)Cc1ccccc1.O. The quantitative estimate of drug-likeness (QED) is 0.705. The number of rotatable bonds is 2. The van der Waals surface area contributed by atoms with Crippen LogP contribution in [0.15, 0.2) is 30.3 Å². The molecule has 1 rings (SSSR count). The highest BCUT2D eigenvalue weighted by atomic mass is 16.0. The topological polar surface area (TPSA) is 57.5 Å². The zero-order valence-electron chi connectivity index (χ0n) is 7.67. The van der Waals surface area contributed by atoms with E-state index in [4.69, 9.17) is 5.73 Å². The minimum atomic E-state index is -0.0959. The van der Waals surface area contributed by atoms with Gasteiger partial charge in [0.1, 0.15) is 0 Å². The van der Waals surface area contributed by atoms with Crippen LogP contribution in [0, 0.1) is 0 Å². The van der Waals surface area contributed by atoms with E-state index in [0.717, 1.165) is 6.42 Å². The highest BCUT2D eigenvalue weighted by Gasteiger charge is 2.10. The molecule has 0 atom stereocenters. The smallest absolute Gasteiger partial charge is 0.0138 e. The zero-order valence-corrected chi connectivity index (χ0v) is 7.67. The molecule has 0 saturated heterocycles. The molecule has 0 heterocycles. The van der Waals surface area contributed by atoms with Crippen LogP contribution in [0.3, 0.4) is 0 Å². The van der Waals surface area contributed by atoms with Gasteiger partial charge in [0.2, 0.25) is 0 Å². The average Bonchev–Trinajstić information content (AvgIpc) is 1.85. The Bertz CT molecular complexity index is 213. The molecule has 2 heteroatoms. The first-order valence-electron chi connectivity index (χ1n) is 3.91. The Balaban J connectivity index is 0.00000121. The molecule has 0 unspecified atom stereocenters. The summed E-state index contributed by atoms with van der Waals surface area (Å²) in [6, 6.07) is 10.3. The molecule has 0 aliphatic rings. The van der Waals surface area contributed by atoms with E-state index >= 15 is 0 Å². The van der Waals surface area contributed by atoms with E-state index in [-0.39, 0.29) is 11.0 Å². The number of nitrogens with two attached hydrogens (primary N) is 1. The summed E-state index contributed by atoms with van der Waals surface area (Å²) < 4.78 is 0. The molecule has 68 valence electrons. The predicted octanol–water partition coefficient (Wildman–Crippen LogP) is 1.14. The molecule has 0 saturated carbocycles. The third-order valence-corrected chi connectivity index (χ3v) is 1.50. The van der Waals surface area contributed by atoms with Gasteiger partial charge in [-0.15, -0.1) is 0 Å². The Morgan fingerprint density at radius 1 is 1.17 bits per heavy atom. The Morgan fingerprint density at radius 2 is 1.67 bits per heavy atom. The predicted molar refractivity (Wildman–Crippen MR) is 52.0 cm³/mol. The van der Waals surface area contributed by atoms with Gasteiger partial charge in [0.15, 0.2) is 0 Å². The monoisotopic (exact) mass is 167 g/mol. The summed E-state index contributed by atoms with van der Waals surface area (Å²) in [4.78, 5) is 0. The van der Waals surface area contributed by atoms with Crippen molar-refractivity contribution >= 4 is 0 Å². The van der Waals surface area contributed by atoms with Crippen LogP contribution < -0.4 is 5.73 Å². The van der Waals surface area contributed by atoms with Crippen molar-refractivity contribution in [2.24, 2.45) is 5.73 Å². The van der Waals surface area contributed by atoms with Crippen molar-refractivity contribution in [1.82, 2.24) is 0 Å². The van der Waals surface area contributed by atoms with Crippen molar-refractivity contribution in [3.8, 4) is 0 Å². The third kappa shape index (κ3) is 4.11. The highest BCUT2D eigenvalue weighted by Crippen LogP contribution is 2.08. The summed E-state index contributed by atoms with van der Waals surface area (Å²) in [6.07, 6.45) is 0.938. The normalized spacial score (nSPS) is 10.6. The molecule has 0 spiro atoms. The van der Waals surface area contributed by atoms with E-state index in [1.807, 2.05) is 32.0 Å². The number of hydrogen-bond acceptors (Lipinski definition) is 1. The minimum Gasteiger partial charge on any atom is -0.412 e. The van der Waals surface area contributed by atoms with Crippen LogP contribution in [0.1, 0.15) is 19.4 Å². The highest BCUT2D eigenvalue weighted by molar-refractivity contribution is 5.16. The van der Waals surface area contributed by atoms with Crippen LogP contribution in [0.25, 0.3) is 0 Å². The van der Waals surface area contributed by atoms with Gasteiger partial charge in [0, 0.05) is 5.54 Å². The fourth-order valence-corrected chi connectivity index (χ4v) is 1.12. The largest absolute Gasteiger partial charge is 0.412 e. The van der Waals surface area contributed by atoms with Crippen LogP contribution in [-0.2, 0) is 6.42 Å². The molecule has 0 bridgehead atoms. The Labute approximate surface area is 73.7 Å². The van der Waals surface area contributed by atoms with Gasteiger partial charge >= 0.3 is 0 Å². The van der Waals surface area contributed by atoms with Gasteiger partial charge in [0.05, 0.1) is 0 Å². The van der Waals surface area contributed by atoms with Crippen LogP contribution in [0.4, 0.5) is 0 Å². The van der Waals surface area contributed by atoms with Crippen LogP contribution in [-0.4, -0.2) is 11.0 Å². The van der Waals surface area contributed by atoms with E-state index in [2.05, 4.69) is 12.1 Å². The first kappa shape index (κ1) is 11.1. The molecule has 2 nitrogen and oxygen atoms in total. The van der Waals surface area contributed by atoms with E-state index in [9.17, 15) is 0 Å². The van der Waals surface area contributed by atoms with Gasteiger partial charge < -0.3 is 11.2 Å². The van der Waals surface area contributed by atoms with Crippen LogP contribution in [0.2, 0.25) is 0 Å². The van der Waals surface area contributed by atoms with Crippen molar-refractivity contribution in [2.45, 2.75) is 25.8 Å².